The summed E-state index contributed by atoms with van der Waals surface area (Å²) >= 11 is 6.05. The standard InChI is InChI=1S/C32H44N2O5SSi/c1-22(29(40)25-13-9-8-10-14-25)28-27(23(2)39-41(6,7)31(3,4)5)30(35)33(28)32(19-11-12-20-38-32)21-24-15-17-26(18-16-24)34(36)37/h8-10,13-18,22-23,27-28H,11-12,19-21H2,1-7H3/t22-,23-,27-,28-,32?/m1/s1. The Morgan fingerprint density at radius 1 is 1.15 bits per heavy atom. The van der Waals surface area contributed by atoms with Crippen molar-refractivity contribution in [1.82, 2.24) is 4.90 Å². The van der Waals surface area contributed by atoms with Crippen LogP contribution in [0.15, 0.2) is 54.6 Å². The minimum Gasteiger partial charge on any atom is -0.413 e. The van der Waals surface area contributed by atoms with Gasteiger partial charge in [-0.05, 0) is 55.4 Å². The van der Waals surface area contributed by atoms with E-state index in [1.807, 2.05) is 42.2 Å². The lowest BCUT2D eigenvalue weighted by Crippen LogP contribution is -2.76. The van der Waals surface area contributed by atoms with E-state index in [1.54, 1.807) is 12.1 Å². The van der Waals surface area contributed by atoms with Gasteiger partial charge in [-0.3, -0.25) is 14.9 Å². The molecule has 0 saturated carbocycles. The van der Waals surface area contributed by atoms with Crippen molar-refractivity contribution in [1.29, 1.82) is 0 Å². The van der Waals surface area contributed by atoms with E-state index < -0.39 is 19.0 Å². The summed E-state index contributed by atoms with van der Waals surface area (Å²) in [6, 6.07) is 16.4. The predicted molar refractivity (Wildman–Crippen MR) is 169 cm³/mol. The minimum absolute atomic E-state index is 0.0117. The third-order valence-electron chi connectivity index (χ3n) is 9.36. The van der Waals surface area contributed by atoms with E-state index in [0.717, 1.165) is 28.8 Å². The van der Waals surface area contributed by atoms with Gasteiger partial charge in [-0.25, -0.2) is 0 Å². The molecule has 0 N–H and O–H groups in total. The van der Waals surface area contributed by atoms with Gasteiger partial charge in [-0.2, -0.15) is 0 Å². The Morgan fingerprint density at radius 3 is 2.32 bits per heavy atom. The number of amides is 1. The molecule has 2 heterocycles. The van der Waals surface area contributed by atoms with Crippen molar-refractivity contribution >= 4 is 37.0 Å². The lowest BCUT2D eigenvalue weighted by atomic mass is 9.71. The number of carbonyl (C=O) groups is 1. The van der Waals surface area contributed by atoms with Gasteiger partial charge in [0, 0.05) is 35.9 Å². The lowest BCUT2D eigenvalue weighted by Gasteiger charge is -2.61. The number of rotatable bonds is 10. The van der Waals surface area contributed by atoms with Gasteiger partial charge in [-0.1, -0.05) is 82.4 Å². The fourth-order valence-corrected chi connectivity index (χ4v) is 7.76. The Morgan fingerprint density at radius 2 is 1.78 bits per heavy atom. The van der Waals surface area contributed by atoms with Crippen LogP contribution in [-0.2, 0) is 20.4 Å². The fourth-order valence-electron chi connectivity index (χ4n) is 6.06. The zero-order valence-electron chi connectivity index (χ0n) is 25.4. The number of β-lactam (4-membered cyclic amide) rings is 1. The van der Waals surface area contributed by atoms with E-state index in [4.69, 9.17) is 21.4 Å². The van der Waals surface area contributed by atoms with Gasteiger partial charge < -0.3 is 14.1 Å². The number of nitrogens with zero attached hydrogens (tertiary/aromatic N) is 2. The zero-order valence-corrected chi connectivity index (χ0v) is 27.2. The fraction of sp³-hybridized carbons (Fsp3) is 0.562. The first kappa shape index (κ1) is 31.5. The average Bonchev–Trinajstić information content (AvgIpc) is 2.91. The van der Waals surface area contributed by atoms with E-state index in [-0.39, 0.29) is 40.6 Å². The van der Waals surface area contributed by atoms with Crippen molar-refractivity contribution in [3.63, 3.8) is 0 Å². The van der Waals surface area contributed by atoms with Gasteiger partial charge in [0.05, 0.1) is 23.0 Å². The highest BCUT2D eigenvalue weighted by Gasteiger charge is 2.61. The van der Waals surface area contributed by atoms with Crippen LogP contribution in [0.1, 0.15) is 65.0 Å². The number of nitro groups is 1. The third-order valence-corrected chi connectivity index (χ3v) is 14.5. The summed E-state index contributed by atoms with van der Waals surface area (Å²) in [4.78, 5) is 27.9. The molecule has 2 saturated heterocycles. The van der Waals surface area contributed by atoms with Crippen molar-refractivity contribution in [2.45, 2.75) is 96.3 Å². The van der Waals surface area contributed by atoms with Crippen molar-refractivity contribution in [3.8, 4) is 0 Å². The molecule has 0 bridgehead atoms. The maximum atomic E-state index is 14.3. The van der Waals surface area contributed by atoms with Crippen LogP contribution in [0.5, 0.6) is 0 Å². The Bertz CT molecular complexity index is 1260. The molecule has 0 spiro atoms. The summed E-state index contributed by atoms with van der Waals surface area (Å²) in [5.74, 6) is -0.424. The van der Waals surface area contributed by atoms with Gasteiger partial charge in [-0.15, -0.1) is 0 Å². The van der Waals surface area contributed by atoms with Crippen LogP contribution < -0.4 is 0 Å². The monoisotopic (exact) mass is 596 g/mol. The first-order chi connectivity index (χ1) is 19.2. The molecule has 2 aliphatic rings. The number of carbonyl (C=O) groups excluding carboxylic acids is 1. The van der Waals surface area contributed by atoms with Crippen LogP contribution in [0.25, 0.3) is 0 Å². The first-order valence-corrected chi connectivity index (χ1v) is 18.0. The van der Waals surface area contributed by atoms with Gasteiger partial charge >= 0.3 is 0 Å². The number of benzene rings is 2. The largest absolute Gasteiger partial charge is 0.413 e. The number of ether oxygens (including phenoxy) is 1. The smallest absolute Gasteiger partial charge is 0.269 e. The molecule has 5 atom stereocenters. The summed E-state index contributed by atoms with van der Waals surface area (Å²) in [7, 11) is -2.14. The van der Waals surface area contributed by atoms with Crippen LogP contribution in [-0.4, -0.2) is 53.4 Å². The molecule has 2 aliphatic heterocycles. The number of likely N-dealkylation sites (tertiary alicyclic amines) is 1. The third kappa shape index (κ3) is 6.33. The summed E-state index contributed by atoms with van der Waals surface area (Å²) in [6.45, 7) is 15.8. The second-order valence-electron chi connectivity index (χ2n) is 13.2. The molecule has 2 aromatic rings. The van der Waals surface area contributed by atoms with Crippen molar-refractivity contribution in [3.05, 3.63) is 75.8 Å². The van der Waals surface area contributed by atoms with Crippen LogP contribution >= 0.6 is 12.2 Å². The molecular formula is C32H44N2O5SSi. The second-order valence-corrected chi connectivity index (χ2v) is 18.4. The molecule has 1 amide bonds. The molecule has 1 unspecified atom stereocenters. The molecule has 0 aliphatic carbocycles. The van der Waals surface area contributed by atoms with E-state index in [9.17, 15) is 14.9 Å². The molecule has 2 fully saturated rings. The van der Waals surface area contributed by atoms with Crippen LogP contribution in [0.2, 0.25) is 18.1 Å². The highest BCUT2D eigenvalue weighted by atomic mass is 32.1. The Labute approximate surface area is 250 Å². The molecule has 222 valence electrons. The van der Waals surface area contributed by atoms with E-state index in [2.05, 4.69) is 40.8 Å². The molecular weight excluding hydrogens is 553 g/mol. The topological polar surface area (TPSA) is 81.9 Å². The Balaban J connectivity index is 1.72. The zero-order chi connectivity index (χ0) is 30.2. The van der Waals surface area contributed by atoms with E-state index in [1.165, 1.54) is 12.1 Å². The van der Waals surface area contributed by atoms with Gasteiger partial charge in [0.2, 0.25) is 5.91 Å². The number of thiocarbonyl (C=S) groups is 1. The summed E-state index contributed by atoms with van der Waals surface area (Å²) in [5, 5.41) is 11.2. The summed E-state index contributed by atoms with van der Waals surface area (Å²) < 4.78 is 13.4. The van der Waals surface area contributed by atoms with Crippen molar-refractivity contribution in [2.24, 2.45) is 11.8 Å². The van der Waals surface area contributed by atoms with Crippen LogP contribution in [0.4, 0.5) is 5.69 Å². The molecule has 4 rings (SSSR count). The maximum Gasteiger partial charge on any atom is 0.269 e. The average molecular weight is 597 g/mol. The molecule has 0 radical (unpaired) electrons. The van der Waals surface area contributed by atoms with E-state index >= 15 is 0 Å². The van der Waals surface area contributed by atoms with Gasteiger partial charge in [0.25, 0.3) is 5.69 Å². The van der Waals surface area contributed by atoms with Crippen molar-refractivity contribution in [2.75, 3.05) is 6.61 Å². The summed E-state index contributed by atoms with van der Waals surface area (Å²) in [6.07, 6.45) is 2.75. The highest BCUT2D eigenvalue weighted by molar-refractivity contribution is 7.80. The molecule has 2 aromatic carbocycles. The predicted octanol–water partition coefficient (Wildman–Crippen LogP) is 7.33. The second kappa shape index (κ2) is 12.0. The highest BCUT2D eigenvalue weighted by Crippen LogP contribution is 2.48. The minimum atomic E-state index is -2.14. The number of non-ortho nitro benzene ring substituents is 1. The normalized spacial score (nSPS) is 24.9. The molecule has 0 aromatic heterocycles. The number of nitro benzene ring substituents is 1. The SMILES string of the molecule is C[C@@H](O[Si](C)(C)C(C)(C)C)[C@H]1C(=O)N(C2(Cc3ccc([N+](=O)[O-])cc3)CCCCO2)[C@@H]1[C@@H](C)C(=S)c1ccccc1. The quantitative estimate of drug-likeness (QED) is 0.0714. The van der Waals surface area contributed by atoms with E-state index in [0.29, 0.717) is 19.4 Å². The van der Waals surface area contributed by atoms with Gasteiger partial charge in [0.1, 0.15) is 5.72 Å². The van der Waals surface area contributed by atoms with Crippen LogP contribution in [0.3, 0.4) is 0 Å². The molecule has 41 heavy (non-hydrogen) atoms. The van der Waals surface area contributed by atoms with Gasteiger partial charge in [0.15, 0.2) is 8.32 Å². The van der Waals surface area contributed by atoms with Crippen molar-refractivity contribution < 1.29 is 18.9 Å². The maximum absolute atomic E-state index is 14.3. The number of hydrogen-bond donors (Lipinski definition) is 0. The Hall–Kier alpha value is -2.46. The summed E-state index contributed by atoms with van der Waals surface area (Å²) in [5.41, 5.74) is 1.09. The molecule has 7 nitrogen and oxygen atoms in total. The Kier molecular flexibility index (Phi) is 9.24. The number of hydrogen-bond acceptors (Lipinski definition) is 6. The first-order valence-electron chi connectivity index (χ1n) is 14.7. The lowest BCUT2D eigenvalue weighted by molar-refractivity contribution is -0.384. The molecule has 9 heteroatoms. The van der Waals surface area contributed by atoms with Crippen LogP contribution in [0, 0.1) is 22.0 Å².